The van der Waals surface area contributed by atoms with Crippen LogP contribution in [0, 0.1) is 0 Å². The molecule has 0 aliphatic rings. The Kier molecular flexibility index (Phi) is 5.51. The maximum Gasteiger partial charge on any atom is 0.0195 e. The molecule has 0 radical (unpaired) electrons. The van der Waals surface area contributed by atoms with Crippen LogP contribution in [0.2, 0.25) is 0 Å². The van der Waals surface area contributed by atoms with Crippen molar-refractivity contribution in [2.45, 2.75) is 24.3 Å². The lowest BCUT2D eigenvalue weighted by Gasteiger charge is -2.15. The molecule has 2 heteroatoms. The second-order valence-electron chi connectivity index (χ2n) is 3.77. The quantitative estimate of drug-likeness (QED) is 0.584. The summed E-state index contributed by atoms with van der Waals surface area (Å²) in [5.41, 5.74) is 1.24. The van der Waals surface area contributed by atoms with E-state index < -0.39 is 0 Å². The predicted molar refractivity (Wildman–Crippen MR) is 69.4 cm³/mol. The molecular weight excluding hydrogens is 202 g/mol. The Morgan fingerprint density at radius 1 is 1.40 bits per heavy atom. The molecule has 0 amide bonds. The standard InChI is InChI=1S/C13H19NS/c1-11(2)9-12(14-3)10-15-13-7-5-4-6-8-13/h4-8,12,14H,1,9-10H2,2-3H3. The van der Waals surface area contributed by atoms with Crippen LogP contribution in [0.1, 0.15) is 13.3 Å². The van der Waals surface area contributed by atoms with Gasteiger partial charge in [-0.25, -0.2) is 0 Å². The summed E-state index contributed by atoms with van der Waals surface area (Å²) >= 11 is 1.89. The van der Waals surface area contributed by atoms with Crippen LogP contribution >= 0.6 is 11.8 Å². The van der Waals surface area contributed by atoms with Crippen molar-refractivity contribution in [3.8, 4) is 0 Å². The first-order valence-corrected chi connectivity index (χ1v) is 6.20. The van der Waals surface area contributed by atoms with E-state index in [4.69, 9.17) is 0 Å². The summed E-state index contributed by atoms with van der Waals surface area (Å²) < 4.78 is 0. The van der Waals surface area contributed by atoms with Crippen LogP contribution < -0.4 is 5.32 Å². The summed E-state index contributed by atoms with van der Waals surface area (Å²) in [7, 11) is 2.01. The van der Waals surface area contributed by atoms with Crippen LogP contribution in [-0.4, -0.2) is 18.8 Å². The molecule has 0 spiro atoms. The fraction of sp³-hybridized carbons (Fsp3) is 0.385. The molecule has 0 fully saturated rings. The highest BCUT2D eigenvalue weighted by molar-refractivity contribution is 7.99. The molecule has 82 valence electrons. The van der Waals surface area contributed by atoms with Crippen LogP contribution in [0.5, 0.6) is 0 Å². The van der Waals surface area contributed by atoms with Crippen molar-refractivity contribution in [3.05, 3.63) is 42.5 Å². The zero-order valence-corrected chi connectivity index (χ0v) is 10.3. The first-order chi connectivity index (χ1) is 7.22. The van der Waals surface area contributed by atoms with Crippen LogP contribution in [0.15, 0.2) is 47.4 Å². The third-order valence-electron chi connectivity index (χ3n) is 2.20. The van der Waals surface area contributed by atoms with Gasteiger partial charge in [0, 0.05) is 16.7 Å². The molecule has 0 heterocycles. The van der Waals surface area contributed by atoms with Crippen LogP contribution in [0.3, 0.4) is 0 Å². The second-order valence-corrected chi connectivity index (χ2v) is 4.86. The smallest absolute Gasteiger partial charge is 0.0195 e. The van der Waals surface area contributed by atoms with Crippen LogP contribution in [-0.2, 0) is 0 Å². The molecule has 0 saturated heterocycles. The minimum atomic E-state index is 0.521. The Labute approximate surface area is 97.0 Å². The van der Waals surface area contributed by atoms with Gasteiger partial charge in [-0.3, -0.25) is 0 Å². The van der Waals surface area contributed by atoms with Crippen molar-refractivity contribution in [1.29, 1.82) is 0 Å². The zero-order valence-electron chi connectivity index (χ0n) is 9.49. The summed E-state index contributed by atoms with van der Waals surface area (Å²) in [6, 6.07) is 11.0. The van der Waals surface area contributed by atoms with Gasteiger partial charge < -0.3 is 5.32 Å². The number of nitrogens with one attached hydrogen (secondary N) is 1. The fourth-order valence-corrected chi connectivity index (χ4v) is 2.41. The van der Waals surface area contributed by atoms with E-state index in [-0.39, 0.29) is 0 Å². The molecule has 1 aromatic carbocycles. The number of thioether (sulfide) groups is 1. The second kappa shape index (κ2) is 6.70. The Morgan fingerprint density at radius 3 is 2.60 bits per heavy atom. The van der Waals surface area contributed by atoms with E-state index >= 15 is 0 Å². The molecule has 1 atom stereocenters. The average Bonchev–Trinajstić information content (AvgIpc) is 2.25. The number of hydrogen-bond acceptors (Lipinski definition) is 2. The minimum Gasteiger partial charge on any atom is -0.316 e. The topological polar surface area (TPSA) is 12.0 Å². The average molecular weight is 221 g/mol. The van der Waals surface area contributed by atoms with E-state index in [0.717, 1.165) is 12.2 Å². The summed E-state index contributed by atoms with van der Waals surface area (Å²) in [6.45, 7) is 6.03. The first kappa shape index (κ1) is 12.3. The van der Waals surface area contributed by atoms with Crippen molar-refractivity contribution in [2.75, 3.05) is 12.8 Å². The third kappa shape index (κ3) is 5.05. The Balaban J connectivity index is 2.37. The molecule has 1 aromatic rings. The van der Waals surface area contributed by atoms with Gasteiger partial charge in [-0.1, -0.05) is 23.8 Å². The molecule has 0 aromatic heterocycles. The van der Waals surface area contributed by atoms with Crippen LogP contribution in [0.25, 0.3) is 0 Å². The van der Waals surface area contributed by atoms with E-state index in [1.54, 1.807) is 0 Å². The largest absolute Gasteiger partial charge is 0.316 e. The lowest BCUT2D eigenvalue weighted by molar-refractivity contribution is 0.615. The van der Waals surface area contributed by atoms with Crippen molar-refractivity contribution in [3.63, 3.8) is 0 Å². The van der Waals surface area contributed by atoms with Gasteiger partial charge in [-0.05, 0) is 32.5 Å². The van der Waals surface area contributed by atoms with Gasteiger partial charge in [-0.2, -0.15) is 0 Å². The maximum absolute atomic E-state index is 3.95. The monoisotopic (exact) mass is 221 g/mol. The normalized spacial score (nSPS) is 12.4. The van der Waals surface area contributed by atoms with Gasteiger partial charge in [-0.15, -0.1) is 18.3 Å². The summed E-state index contributed by atoms with van der Waals surface area (Å²) in [4.78, 5) is 1.33. The van der Waals surface area contributed by atoms with Gasteiger partial charge >= 0.3 is 0 Å². The Bertz CT molecular complexity index is 295. The molecule has 1 N–H and O–H groups in total. The molecular formula is C13H19NS. The van der Waals surface area contributed by atoms with E-state index in [1.807, 2.05) is 24.9 Å². The predicted octanol–water partition coefficient (Wildman–Crippen LogP) is 3.33. The van der Waals surface area contributed by atoms with Crippen molar-refractivity contribution < 1.29 is 0 Å². The zero-order chi connectivity index (χ0) is 11.1. The van der Waals surface area contributed by atoms with Gasteiger partial charge in [0.15, 0.2) is 0 Å². The number of hydrogen-bond donors (Lipinski definition) is 1. The third-order valence-corrected chi connectivity index (χ3v) is 3.37. The van der Waals surface area contributed by atoms with Gasteiger partial charge in [0.05, 0.1) is 0 Å². The summed E-state index contributed by atoms with van der Waals surface area (Å²) in [5.74, 6) is 1.09. The molecule has 1 nitrogen and oxygen atoms in total. The Morgan fingerprint density at radius 2 is 2.07 bits per heavy atom. The SMILES string of the molecule is C=C(C)CC(CSc1ccccc1)NC. The molecule has 15 heavy (non-hydrogen) atoms. The summed E-state index contributed by atoms with van der Waals surface area (Å²) in [6.07, 6.45) is 1.05. The van der Waals surface area contributed by atoms with E-state index in [0.29, 0.717) is 6.04 Å². The fourth-order valence-electron chi connectivity index (χ4n) is 1.38. The molecule has 1 unspecified atom stereocenters. The summed E-state index contributed by atoms with van der Waals surface area (Å²) in [5, 5.41) is 3.32. The molecule has 1 rings (SSSR count). The number of rotatable bonds is 6. The molecule has 0 aliphatic carbocycles. The highest BCUT2D eigenvalue weighted by Crippen LogP contribution is 2.19. The lowest BCUT2D eigenvalue weighted by Crippen LogP contribution is -2.27. The van der Waals surface area contributed by atoms with Crippen molar-refractivity contribution in [2.24, 2.45) is 0 Å². The Hall–Kier alpha value is -0.730. The highest BCUT2D eigenvalue weighted by atomic mass is 32.2. The highest BCUT2D eigenvalue weighted by Gasteiger charge is 2.06. The van der Waals surface area contributed by atoms with Gasteiger partial charge in [0.1, 0.15) is 0 Å². The van der Waals surface area contributed by atoms with Crippen molar-refractivity contribution in [1.82, 2.24) is 5.32 Å². The van der Waals surface area contributed by atoms with E-state index in [9.17, 15) is 0 Å². The number of benzene rings is 1. The van der Waals surface area contributed by atoms with Gasteiger partial charge in [0.2, 0.25) is 0 Å². The molecule has 0 bridgehead atoms. The first-order valence-electron chi connectivity index (χ1n) is 5.22. The van der Waals surface area contributed by atoms with Crippen molar-refractivity contribution >= 4 is 11.8 Å². The molecule has 0 saturated carbocycles. The van der Waals surface area contributed by atoms with Gasteiger partial charge in [0.25, 0.3) is 0 Å². The maximum atomic E-state index is 3.95. The molecule has 0 aliphatic heterocycles. The minimum absolute atomic E-state index is 0.521. The van der Waals surface area contributed by atoms with E-state index in [1.165, 1.54) is 10.5 Å². The lowest BCUT2D eigenvalue weighted by atomic mass is 10.1. The van der Waals surface area contributed by atoms with Crippen LogP contribution in [0.4, 0.5) is 0 Å². The van der Waals surface area contributed by atoms with E-state index in [2.05, 4.69) is 43.1 Å².